The summed E-state index contributed by atoms with van der Waals surface area (Å²) in [5.74, 6) is -6.12. The fraction of sp³-hybridized carbons (Fsp3) is 0.318. The number of aromatic hydroxyl groups is 1. The molecule has 2 aliphatic heterocycles. The molecule has 2 aromatic rings. The van der Waals surface area contributed by atoms with Gasteiger partial charge in [-0.15, -0.1) is 0 Å². The van der Waals surface area contributed by atoms with Gasteiger partial charge in [-0.3, -0.25) is 24.1 Å². The standard InChI is InChI=1S/C22H21F3N4O5/c1-11-3-4-13(9-34-2)29-10-27(11)22(33)18-20(31)19(30)15(8-28(18)29)21(32)26-7-14-16(24)5-12(23)6-17(14)25/h3-6,8,11,13,31H,7,9-10H2,1-2H3,(H,26,32)/t11-,13-/m0/s1. The van der Waals surface area contributed by atoms with Gasteiger partial charge in [0.1, 0.15) is 29.7 Å². The van der Waals surface area contributed by atoms with Crippen molar-refractivity contribution < 1.29 is 32.6 Å². The SMILES string of the molecule is COC[C@@H]1C=C[C@H](C)N2CN1n1cc(C(=O)NCc3c(F)cc(F)cc3F)c(=O)c(O)c1C2=O. The van der Waals surface area contributed by atoms with Crippen LogP contribution in [0.25, 0.3) is 0 Å². The summed E-state index contributed by atoms with van der Waals surface area (Å²) in [6.45, 7) is 1.40. The molecule has 1 aromatic heterocycles. The Morgan fingerprint density at radius 1 is 1.21 bits per heavy atom. The summed E-state index contributed by atoms with van der Waals surface area (Å²) in [7, 11) is 1.49. The highest BCUT2D eigenvalue weighted by molar-refractivity contribution is 5.99. The van der Waals surface area contributed by atoms with Gasteiger partial charge in [0.25, 0.3) is 11.8 Å². The van der Waals surface area contributed by atoms with Crippen LogP contribution in [-0.4, -0.2) is 59.0 Å². The molecule has 0 unspecified atom stereocenters. The molecule has 12 heteroatoms. The Morgan fingerprint density at radius 3 is 2.53 bits per heavy atom. The summed E-state index contributed by atoms with van der Waals surface area (Å²) in [6.07, 6.45) is 4.69. The number of rotatable bonds is 5. The normalized spacial score (nSPS) is 19.1. The van der Waals surface area contributed by atoms with Gasteiger partial charge in [-0.1, -0.05) is 12.2 Å². The van der Waals surface area contributed by atoms with E-state index in [-0.39, 0.29) is 25.0 Å². The maximum atomic E-state index is 13.9. The zero-order valence-corrected chi connectivity index (χ0v) is 18.2. The van der Waals surface area contributed by atoms with Crippen LogP contribution in [0, 0.1) is 17.5 Å². The Bertz CT molecular complexity index is 1240. The number of benzene rings is 1. The zero-order chi connectivity index (χ0) is 24.7. The van der Waals surface area contributed by atoms with Crippen molar-refractivity contribution in [1.82, 2.24) is 14.9 Å². The Balaban J connectivity index is 1.72. The summed E-state index contributed by atoms with van der Waals surface area (Å²) < 4.78 is 47.4. The van der Waals surface area contributed by atoms with Crippen molar-refractivity contribution >= 4 is 11.8 Å². The number of hydrogen-bond donors (Lipinski definition) is 2. The summed E-state index contributed by atoms with van der Waals surface area (Å²) in [5.41, 5.74) is -2.60. The second-order valence-corrected chi connectivity index (χ2v) is 7.95. The predicted octanol–water partition coefficient (Wildman–Crippen LogP) is 1.23. The summed E-state index contributed by atoms with van der Waals surface area (Å²) in [6, 6.07) is 0.199. The molecule has 180 valence electrons. The van der Waals surface area contributed by atoms with Crippen molar-refractivity contribution in [3.63, 3.8) is 0 Å². The van der Waals surface area contributed by atoms with E-state index in [2.05, 4.69) is 5.32 Å². The number of aromatic nitrogens is 1. The van der Waals surface area contributed by atoms with Gasteiger partial charge in [0, 0.05) is 43.6 Å². The molecule has 9 nitrogen and oxygen atoms in total. The second-order valence-electron chi connectivity index (χ2n) is 7.95. The lowest BCUT2D eigenvalue weighted by molar-refractivity contribution is 0.0638. The number of carbonyl (C=O) groups is 2. The summed E-state index contributed by atoms with van der Waals surface area (Å²) >= 11 is 0. The van der Waals surface area contributed by atoms with Crippen LogP contribution in [0.15, 0.2) is 35.3 Å². The molecule has 0 aliphatic carbocycles. The first-order chi connectivity index (χ1) is 16.1. The Kier molecular flexibility index (Phi) is 6.09. The minimum absolute atomic E-state index is 0.0867. The molecule has 2 N–H and O–H groups in total. The molecule has 0 saturated heterocycles. The van der Waals surface area contributed by atoms with Gasteiger partial charge in [-0.2, -0.15) is 0 Å². The third kappa shape index (κ3) is 3.89. The van der Waals surface area contributed by atoms with Gasteiger partial charge >= 0.3 is 0 Å². The molecule has 2 amide bonds. The molecule has 3 heterocycles. The van der Waals surface area contributed by atoms with Crippen molar-refractivity contribution in [2.45, 2.75) is 25.6 Å². The number of nitrogens with zero attached hydrogens (tertiary/aromatic N) is 3. The van der Waals surface area contributed by atoms with Gasteiger partial charge in [0.2, 0.25) is 5.43 Å². The number of carbonyl (C=O) groups excluding carboxylic acids is 2. The highest BCUT2D eigenvalue weighted by Gasteiger charge is 2.39. The number of hydrogen-bond acceptors (Lipinski definition) is 6. The fourth-order valence-electron chi connectivity index (χ4n) is 3.97. The van der Waals surface area contributed by atoms with E-state index in [1.54, 1.807) is 18.0 Å². The maximum Gasteiger partial charge on any atom is 0.278 e. The van der Waals surface area contributed by atoms with Crippen molar-refractivity contribution in [3.8, 4) is 5.75 Å². The monoisotopic (exact) mass is 478 g/mol. The lowest BCUT2D eigenvalue weighted by atomic mass is 10.1. The van der Waals surface area contributed by atoms with Crippen LogP contribution in [0.1, 0.15) is 33.3 Å². The third-order valence-electron chi connectivity index (χ3n) is 5.80. The molecule has 0 saturated carbocycles. The van der Waals surface area contributed by atoms with Crippen molar-refractivity contribution in [2.75, 3.05) is 25.4 Å². The van der Waals surface area contributed by atoms with E-state index < -0.39 is 64.2 Å². The first-order valence-electron chi connectivity index (χ1n) is 10.3. The van der Waals surface area contributed by atoms with E-state index >= 15 is 0 Å². The minimum Gasteiger partial charge on any atom is -0.502 e. The minimum atomic E-state index is -1.21. The van der Waals surface area contributed by atoms with Crippen molar-refractivity contribution in [3.05, 3.63) is 75.0 Å². The van der Waals surface area contributed by atoms with Crippen LogP contribution in [0.4, 0.5) is 13.2 Å². The molecule has 4 rings (SSSR count). The van der Waals surface area contributed by atoms with Crippen molar-refractivity contribution in [1.29, 1.82) is 0 Å². The molecule has 2 atom stereocenters. The first-order valence-corrected chi connectivity index (χ1v) is 10.3. The molecule has 0 radical (unpaired) electrons. The average molecular weight is 478 g/mol. The van der Waals surface area contributed by atoms with E-state index in [4.69, 9.17) is 4.74 Å². The molecular weight excluding hydrogens is 457 g/mol. The molecule has 2 bridgehead atoms. The quantitative estimate of drug-likeness (QED) is 0.627. The molecule has 34 heavy (non-hydrogen) atoms. The van der Waals surface area contributed by atoms with Crippen molar-refractivity contribution in [2.24, 2.45) is 0 Å². The van der Waals surface area contributed by atoms with Gasteiger partial charge < -0.3 is 20.1 Å². The number of methoxy groups -OCH3 is 1. The van der Waals surface area contributed by atoms with Gasteiger partial charge in [0.05, 0.1) is 12.6 Å². The van der Waals surface area contributed by atoms with E-state index in [9.17, 15) is 32.7 Å². The number of nitrogens with one attached hydrogen (secondary N) is 1. The van der Waals surface area contributed by atoms with Crippen LogP contribution in [0.2, 0.25) is 0 Å². The van der Waals surface area contributed by atoms with Crippen LogP contribution in [-0.2, 0) is 11.3 Å². The number of fused-ring (bicyclic) bond motifs is 4. The fourth-order valence-corrected chi connectivity index (χ4v) is 3.97. The van der Waals surface area contributed by atoms with E-state index in [1.807, 2.05) is 6.08 Å². The summed E-state index contributed by atoms with van der Waals surface area (Å²) in [5, 5.41) is 14.4. The lowest BCUT2D eigenvalue weighted by Crippen LogP contribution is -2.58. The number of amides is 2. The Hall–Kier alpha value is -3.80. The Labute approximate surface area is 191 Å². The van der Waals surface area contributed by atoms with Crippen LogP contribution < -0.4 is 15.8 Å². The predicted molar refractivity (Wildman–Crippen MR) is 113 cm³/mol. The van der Waals surface area contributed by atoms with Gasteiger partial charge in [0.15, 0.2) is 11.4 Å². The largest absolute Gasteiger partial charge is 0.502 e. The van der Waals surface area contributed by atoms with Crippen LogP contribution in [0.3, 0.4) is 0 Å². The smallest absolute Gasteiger partial charge is 0.278 e. The van der Waals surface area contributed by atoms with E-state index in [0.29, 0.717) is 12.1 Å². The van der Waals surface area contributed by atoms with Gasteiger partial charge in [-0.25, -0.2) is 13.2 Å². The number of ether oxygens (including phenoxy) is 1. The average Bonchev–Trinajstić information content (AvgIpc) is 2.91. The second kappa shape index (κ2) is 8.86. The zero-order valence-electron chi connectivity index (χ0n) is 18.2. The Morgan fingerprint density at radius 2 is 1.88 bits per heavy atom. The maximum absolute atomic E-state index is 13.9. The molecule has 0 spiro atoms. The summed E-state index contributed by atoms with van der Waals surface area (Å²) in [4.78, 5) is 40.0. The van der Waals surface area contributed by atoms with E-state index in [1.165, 1.54) is 16.7 Å². The van der Waals surface area contributed by atoms with Gasteiger partial charge in [-0.05, 0) is 6.92 Å². The molecular formula is C22H21F3N4O5. The highest BCUT2D eigenvalue weighted by Crippen LogP contribution is 2.26. The molecule has 0 fully saturated rings. The molecule has 2 aliphatic rings. The topological polar surface area (TPSA) is 104 Å². The first kappa shape index (κ1) is 23.4. The van der Waals surface area contributed by atoms with Crippen LogP contribution in [0.5, 0.6) is 5.75 Å². The highest BCUT2D eigenvalue weighted by atomic mass is 19.1. The number of pyridine rings is 1. The molecule has 1 aromatic carbocycles. The van der Waals surface area contributed by atoms with E-state index in [0.717, 1.165) is 6.20 Å². The van der Waals surface area contributed by atoms with Crippen LogP contribution >= 0.6 is 0 Å². The number of halogens is 3. The lowest BCUT2D eigenvalue weighted by Gasteiger charge is -2.42. The third-order valence-corrected chi connectivity index (χ3v) is 5.80.